The van der Waals surface area contributed by atoms with Gasteiger partial charge in [-0.05, 0) is 107 Å². The molecule has 4 aromatic carbocycles. The molecule has 0 saturated carbocycles. The topological polar surface area (TPSA) is 419 Å². The highest BCUT2D eigenvalue weighted by molar-refractivity contribution is 6.12. The van der Waals surface area contributed by atoms with Crippen molar-refractivity contribution in [2.75, 3.05) is 122 Å². The Balaban J connectivity index is 0.789. The Hall–Kier alpha value is -10.2. The number of hydrogen-bond donors (Lipinski definition) is 7. The van der Waals surface area contributed by atoms with E-state index in [1.54, 1.807) is 73.6 Å². The Bertz CT molecular complexity index is 4940. The lowest BCUT2D eigenvalue weighted by molar-refractivity contribution is -0.184. The number of aliphatic hydroxyl groups is 4. The number of pyridine rings is 4. The molecule has 0 radical (unpaired) electrons. The van der Waals surface area contributed by atoms with Crippen LogP contribution in [0.2, 0.25) is 0 Å². The van der Waals surface area contributed by atoms with Crippen LogP contribution in [0.4, 0.5) is 17.5 Å². The number of carbonyl (C=O) groups is 4. The number of ketones is 1. The fourth-order valence-corrected chi connectivity index (χ4v) is 14.2. The molecule has 35 nitrogen and oxygen atoms in total. The van der Waals surface area contributed by atoms with Crippen LogP contribution in [0.25, 0.3) is 87.7 Å². The molecule has 0 atom stereocenters. The first-order chi connectivity index (χ1) is 57.9. The van der Waals surface area contributed by atoms with Crippen LogP contribution in [-0.2, 0) is 135 Å². The van der Waals surface area contributed by atoms with Crippen molar-refractivity contribution in [3.63, 3.8) is 0 Å². The van der Waals surface area contributed by atoms with E-state index >= 15 is 0 Å². The number of nitrogens with zero attached hydrogens (tertiary/aromatic N) is 12. The van der Waals surface area contributed by atoms with Crippen LogP contribution >= 0.6 is 0 Å². The zero-order valence-corrected chi connectivity index (χ0v) is 70.6. The lowest BCUT2D eigenvalue weighted by atomic mass is 9.92. The minimum atomic E-state index is -1.40. The number of hydrogen-bond acceptors (Lipinski definition) is 28. The number of amides is 3. The van der Waals surface area contributed by atoms with Gasteiger partial charge >= 0.3 is 0 Å². The minimum absolute atomic E-state index is 0.119. The molecule has 3 amide bonds. The van der Waals surface area contributed by atoms with E-state index in [0.717, 1.165) is 21.5 Å². The summed E-state index contributed by atoms with van der Waals surface area (Å²) in [5.41, 5.74) is 0.757. The Labute approximate surface area is 698 Å². The maximum absolute atomic E-state index is 14.1. The van der Waals surface area contributed by atoms with Gasteiger partial charge in [-0.25, -0.2) is 39.9 Å². The molecule has 648 valence electrons. The molecule has 0 aliphatic rings. The van der Waals surface area contributed by atoms with Crippen LogP contribution in [0.1, 0.15) is 112 Å². The normalized spacial score (nSPS) is 12.7. The summed E-state index contributed by atoms with van der Waals surface area (Å²) >= 11 is 0. The first-order valence-corrected chi connectivity index (χ1v) is 40.3. The molecule has 8 heterocycles. The zero-order chi connectivity index (χ0) is 86.2. The molecular weight excluding hydrogens is 1560 g/mol. The molecule has 7 N–H and O–H groups in total. The fourth-order valence-electron chi connectivity index (χ4n) is 14.2. The summed E-state index contributed by atoms with van der Waals surface area (Å²) < 4.78 is 79.5. The number of benzene rings is 4. The molecule has 12 aromatic rings. The fraction of sp³-hybridized carbons (Fsp3) is 0.488. The third-order valence-corrected chi connectivity index (χ3v) is 19.0. The number of rotatable bonds is 49. The molecule has 0 aliphatic carbocycles. The molecular formula is C86H109N15O20. The average Bonchev–Trinajstić information content (AvgIpc) is 1.63. The lowest BCUT2D eigenvalue weighted by Gasteiger charge is -2.32. The van der Waals surface area contributed by atoms with Gasteiger partial charge < -0.3 is 111 Å². The number of aromatic nitrogens is 12. The third-order valence-electron chi connectivity index (χ3n) is 19.0. The van der Waals surface area contributed by atoms with Crippen molar-refractivity contribution in [2.24, 2.45) is 5.41 Å². The van der Waals surface area contributed by atoms with Gasteiger partial charge in [0.15, 0.2) is 23.2 Å². The Morgan fingerprint density at radius 1 is 0.331 bits per heavy atom. The van der Waals surface area contributed by atoms with Gasteiger partial charge in [0, 0.05) is 48.0 Å². The second kappa shape index (κ2) is 40.2. The number of imidazole rings is 4. The number of Topliss-reactive ketones (excluding diaryl/α,β-unsaturated/α-hetero) is 1. The Kier molecular flexibility index (Phi) is 30.0. The number of anilines is 3. The van der Waals surface area contributed by atoms with E-state index in [4.69, 9.17) is 96.7 Å². The number of para-hydroxylation sites is 4. The molecule has 35 heteroatoms. The van der Waals surface area contributed by atoms with Gasteiger partial charge in [0.1, 0.15) is 125 Å². The van der Waals surface area contributed by atoms with Crippen LogP contribution in [0.5, 0.6) is 0 Å². The van der Waals surface area contributed by atoms with Gasteiger partial charge in [-0.15, -0.1) is 0 Å². The van der Waals surface area contributed by atoms with Crippen molar-refractivity contribution in [1.82, 2.24) is 58.1 Å². The average molecular weight is 1670 g/mol. The highest BCUT2D eigenvalue weighted by Crippen LogP contribution is 2.37. The largest absolute Gasteiger partial charge is 0.389 e. The summed E-state index contributed by atoms with van der Waals surface area (Å²) in [5, 5.41) is 56.1. The van der Waals surface area contributed by atoms with Crippen molar-refractivity contribution >= 4 is 129 Å². The van der Waals surface area contributed by atoms with Crippen molar-refractivity contribution in [1.29, 1.82) is 0 Å². The summed E-state index contributed by atoms with van der Waals surface area (Å²) in [7, 11) is 0. The maximum Gasteiger partial charge on any atom is 0.251 e. The van der Waals surface area contributed by atoms with Crippen molar-refractivity contribution < 1.29 is 96.4 Å². The molecule has 0 unspecified atom stereocenters. The van der Waals surface area contributed by atoms with Gasteiger partial charge in [-0.3, -0.25) is 19.2 Å². The second-order valence-electron chi connectivity index (χ2n) is 32.2. The van der Waals surface area contributed by atoms with Crippen LogP contribution in [0.15, 0.2) is 97.1 Å². The van der Waals surface area contributed by atoms with E-state index in [1.165, 1.54) is 0 Å². The van der Waals surface area contributed by atoms with Gasteiger partial charge in [0.2, 0.25) is 0 Å². The molecule has 0 spiro atoms. The zero-order valence-electron chi connectivity index (χ0n) is 70.6. The molecule has 0 fully saturated rings. The molecule has 8 aromatic heterocycles. The van der Waals surface area contributed by atoms with Crippen LogP contribution in [0.3, 0.4) is 0 Å². The summed E-state index contributed by atoms with van der Waals surface area (Å²) in [5.74, 6) is 0.312. The molecule has 0 saturated heterocycles. The van der Waals surface area contributed by atoms with Gasteiger partial charge in [-0.2, -0.15) is 0 Å². The van der Waals surface area contributed by atoms with Crippen molar-refractivity contribution in [3.05, 3.63) is 126 Å². The highest BCUT2D eigenvalue weighted by atomic mass is 16.7. The summed E-state index contributed by atoms with van der Waals surface area (Å²) in [6.07, 6.45) is -0.188. The molecule has 12 rings (SSSR count). The highest BCUT2D eigenvalue weighted by Gasteiger charge is 2.35. The maximum atomic E-state index is 14.1. The summed E-state index contributed by atoms with van der Waals surface area (Å²) in [4.78, 5) is 95.2. The molecule has 121 heavy (non-hydrogen) atoms. The quantitative estimate of drug-likeness (QED) is 0.0138. The van der Waals surface area contributed by atoms with Crippen LogP contribution in [-0.4, -0.2) is 231 Å². The first kappa shape index (κ1) is 90.1. The SMILES string of the molecule is CCOCc1nc2c(CC(=O)COCOCC(COCOCC(=O)Nc3nc4ccccc4c4c3nc(COCC)n4CC(C)(C)O)(COCOCC(=O)Nc3nc4ccccc4c4c3nc(COCC)n4CC(C)(C)O)COCOCC(=O)Nc3nc4ccccc4c4c3nc(COCC)n4CC(C)(C)O)nc3ccccc3c2n1CC(C)(C)O. The lowest BCUT2D eigenvalue weighted by Crippen LogP contribution is -2.42. The van der Waals surface area contributed by atoms with Crippen LogP contribution in [0, 0.1) is 5.41 Å². The Morgan fingerprint density at radius 2 is 0.587 bits per heavy atom. The molecule has 0 bridgehead atoms. The predicted molar refractivity (Wildman–Crippen MR) is 451 cm³/mol. The van der Waals surface area contributed by atoms with Crippen molar-refractivity contribution in [3.8, 4) is 0 Å². The molecule has 0 aliphatic heterocycles. The summed E-state index contributed by atoms with van der Waals surface area (Å²) in [6, 6.07) is 29.7. The van der Waals surface area contributed by atoms with Crippen molar-refractivity contribution in [2.45, 2.75) is 165 Å². The number of fused-ring (bicyclic) bond motifs is 12. The van der Waals surface area contributed by atoms with E-state index in [0.29, 0.717) is 122 Å². The number of carbonyl (C=O) groups excluding carboxylic acids is 4. The van der Waals surface area contributed by atoms with Gasteiger partial charge in [-0.1, -0.05) is 72.8 Å². The second-order valence-corrected chi connectivity index (χ2v) is 32.2. The monoisotopic (exact) mass is 1670 g/mol. The van der Waals surface area contributed by atoms with E-state index < -0.39 is 99.1 Å². The van der Waals surface area contributed by atoms with Gasteiger partial charge in [0.25, 0.3) is 17.7 Å². The first-order valence-electron chi connectivity index (χ1n) is 40.3. The Morgan fingerprint density at radius 3 is 0.868 bits per heavy atom. The minimum Gasteiger partial charge on any atom is -0.389 e. The van der Waals surface area contributed by atoms with E-state index in [-0.39, 0.29) is 109 Å². The van der Waals surface area contributed by atoms with E-state index in [2.05, 4.69) is 16.0 Å². The van der Waals surface area contributed by atoms with Gasteiger partial charge in [0.05, 0.1) is 137 Å². The van der Waals surface area contributed by atoms with E-state index in [1.807, 2.05) is 125 Å². The predicted octanol–water partition coefficient (Wildman–Crippen LogP) is 9.48. The third kappa shape index (κ3) is 23.4. The smallest absolute Gasteiger partial charge is 0.251 e. The number of nitrogens with one attached hydrogen (secondary N) is 3. The standard InChI is InChI=1S/C86H109N15O20/c1-13-110-35-64-91-71-63(87-59-29-21-17-25-55(59)75(71)98(64)42-82(5,6)106)33-54(102)34-114-50-118-46-86(47-119-51-115-39-68(103)95-79-72-76(56-26-18-22-30-60(56)88-79)99(43-83(7,8)107)65(92-72)36-111-14-2,48-120-52-116-40-69(104)96-80-73-77(57-27-19-23-31-61(57)89-80)100(44-84(9,10)108)66(93-73)37-112-15-3)49-121-53-117-41-70(105)97-81-74-78(58-28-20-24-32-62(58)90-81)101(45-85(11,12)109)67(94-74)38-113-16-4/h17-32,106-109H,13-16,33-53H2,1-12H3,(H,88,95,103)(H,89,96,104)(H,90,97,105). The van der Waals surface area contributed by atoms with E-state index in [9.17, 15) is 39.6 Å². The number of ether oxygens (including phenoxy) is 12. The summed E-state index contributed by atoms with van der Waals surface area (Å²) in [6.45, 7) is 18.6. The van der Waals surface area contributed by atoms with Crippen LogP contribution < -0.4 is 16.0 Å².